The second kappa shape index (κ2) is 4.97. The van der Waals surface area contributed by atoms with Crippen LogP contribution in [-0.2, 0) is 13.6 Å². The second-order valence-corrected chi connectivity index (χ2v) is 5.90. The Morgan fingerprint density at radius 3 is 3.08 bits per heavy atom. The van der Waals surface area contributed by atoms with Gasteiger partial charge in [0.1, 0.15) is 17.6 Å². The highest BCUT2D eigenvalue weighted by Crippen LogP contribution is 2.30. The Bertz CT molecular complexity index is 1180. The van der Waals surface area contributed by atoms with Gasteiger partial charge in [0.2, 0.25) is 5.89 Å². The van der Waals surface area contributed by atoms with Gasteiger partial charge in [-0.05, 0) is 23.8 Å². The van der Waals surface area contributed by atoms with Gasteiger partial charge in [-0.25, -0.2) is 4.98 Å². The number of oxazole rings is 1. The molecule has 0 unspecified atom stereocenters. The molecule has 0 aliphatic carbocycles. The van der Waals surface area contributed by atoms with E-state index in [2.05, 4.69) is 26.6 Å². The number of H-pyrrole nitrogens is 1. The SMILES string of the molecule is Cn1ncc2cc(C3=CCn4[nH]c(=O)c(-c5ncco5)c4N3)ccc21. The van der Waals surface area contributed by atoms with Crippen molar-refractivity contribution in [2.24, 2.45) is 7.05 Å². The number of rotatable bonds is 2. The summed E-state index contributed by atoms with van der Waals surface area (Å²) in [4.78, 5) is 16.4. The molecular formula is C17H14N6O2. The number of aryl methyl sites for hydroxylation is 1. The Labute approximate surface area is 141 Å². The molecule has 0 saturated carbocycles. The van der Waals surface area contributed by atoms with Crippen LogP contribution in [0, 0.1) is 0 Å². The summed E-state index contributed by atoms with van der Waals surface area (Å²) in [5.74, 6) is 0.947. The fourth-order valence-electron chi connectivity index (χ4n) is 3.17. The van der Waals surface area contributed by atoms with Crippen molar-refractivity contribution < 1.29 is 4.42 Å². The quantitative estimate of drug-likeness (QED) is 0.586. The third-order valence-corrected chi connectivity index (χ3v) is 4.40. The van der Waals surface area contributed by atoms with Crippen LogP contribution in [0.3, 0.4) is 0 Å². The zero-order valence-corrected chi connectivity index (χ0v) is 13.4. The molecule has 0 saturated heterocycles. The minimum atomic E-state index is -0.234. The molecular weight excluding hydrogens is 320 g/mol. The minimum Gasteiger partial charge on any atom is -0.444 e. The monoisotopic (exact) mass is 334 g/mol. The van der Waals surface area contributed by atoms with Crippen molar-refractivity contribution in [3.05, 3.63) is 58.8 Å². The van der Waals surface area contributed by atoms with E-state index in [1.54, 1.807) is 4.68 Å². The van der Waals surface area contributed by atoms with Crippen LogP contribution in [0.5, 0.6) is 0 Å². The molecule has 1 aliphatic heterocycles. The Kier molecular flexibility index (Phi) is 2.75. The summed E-state index contributed by atoms with van der Waals surface area (Å²) >= 11 is 0. The molecule has 0 amide bonds. The number of anilines is 1. The number of allylic oxidation sites excluding steroid dienone is 1. The summed E-state index contributed by atoms with van der Waals surface area (Å²) in [6.07, 6.45) is 6.84. The van der Waals surface area contributed by atoms with Crippen molar-refractivity contribution in [2.45, 2.75) is 6.54 Å². The van der Waals surface area contributed by atoms with Crippen molar-refractivity contribution >= 4 is 22.4 Å². The Hall–Kier alpha value is -3.55. The molecule has 4 aromatic rings. The van der Waals surface area contributed by atoms with Crippen molar-refractivity contribution in [3.8, 4) is 11.5 Å². The summed E-state index contributed by atoms with van der Waals surface area (Å²) in [5.41, 5.74) is 3.19. The van der Waals surface area contributed by atoms with Crippen LogP contribution >= 0.6 is 0 Å². The number of benzene rings is 1. The number of hydrogen-bond acceptors (Lipinski definition) is 5. The zero-order chi connectivity index (χ0) is 17.0. The number of aromatic amines is 1. The summed E-state index contributed by atoms with van der Waals surface area (Å²) in [6, 6.07) is 6.15. The number of aromatic nitrogens is 5. The Morgan fingerprint density at radius 1 is 1.32 bits per heavy atom. The highest BCUT2D eigenvalue weighted by atomic mass is 16.3. The van der Waals surface area contributed by atoms with E-state index in [1.165, 1.54) is 12.5 Å². The lowest BCUT2D eigenvalue weighted by Gasteiger charge is -2.19. The van der Waals surface area contributed by atoms with Crippen LogP contribution in [0.1, 0.15) is 5.56 Å². The smallest absolute Gasteiger partial charge is 0.279 e. The second-order valence-electron chi connectivity index (χ2n) is 5.90. The maximum Gasteiger partial charge on any atom is 0.279 e. The standard InChI is InChI=1S/C17H14N6O2/c1-22-13-3-2-10(8-11(13)9-19-22)12-4-6-23-15(20-12)14(16(24)21-23)17-18-5-7-25-17/h2-5,7-9,20H,6H2,1H3,(H,21,24). The van der Waals surface area contributed by atoms with E-state index >= 15 is 0 Å². The van der Waals surface area contributed by atoms with Gasteiger partial charge in [0.25, 0.3) is 5.56 Å². The zero-order valence-electron chi connectivity index (χ0n) is 13.4. The first-order valence-corrected chi connectivity index (χ1v) is 7.83. The van der Waals surface area contributed by atoms with Gasteiger partial charge in [-0.1, -0.05) is 6.07 Å². The van der Waals surface area contributed by atoms with Crippen LogP contribution in [0.4, 0.5) is 5.82 Å². The summed E-state index contributed by atoms with van der Waals surface area (Å²) in [6.45, 7) is 0.554. The van der Waals surface area contributed by atoms with Crippen LogP contribution in [0.25, 0.3) is 28.1 Å². The molecule has 0 fully saturated rings. The lowest BCUT2D eigenvalue weighted by Crippen LogP contribution is -2.13. The van der Waals surface area contributed by atoms with E-state index in [0.29, 0.717) is 23.8 Å². The van der Waals surface area contributed by atoms with Gasteiger partial charge < -0.3 is 9.73 Å². The minimum absolute atomic E-state index is 0.234. The maximum atomic E-state index is 12.3. The molecule has 1 aliphatic rings. The lowest BCUT2D eigenvalue weighted by molar-refractivity contribution is 0.574. The first-order valence-electron chi connectivity index (χ1n) is 7.83. The molecule has 8 nitrogen and oxygen atoms in total. The van der Waals surface area contributed by atoms with Gasteiger partial charge in [0, 0.05) is 18.1 Å². The fraction of sp³-hybridized carbons (Fsp3) is 0.118. The third-order valence-electron chi connectivity index (χ3n) is 4.40. The van der Waals surface area contributed by atoms with E-state index in [0.717, 1.165) is 22.2 Å². The van der Waals surface area contributed by atoms with Crippen molar-refractivity contribution in [2.75, 3.05) is 5.32 Å². The highest BCUT2D eigenvalue weighted by molar-refractivity contribution is 5.88. The summed E-state index contributed by atoms with van der Waals surface area (Å²) in [7, 11) is 1.92. The third kappa shape index (κ3) is 2.04. The maximum absolute atomic E-state index is 12.3. The molecule has 8 heteroatoms. The highest BCUT2D eigenvalue weighted by Gasteiger charge is 2.23. The van der Waals surface area contributed by atoms with Gasteiger partial charge in [0.05, 0.1) is 24.5 Å². The lowest BCUT2D eigenvalue weighted by atomic mass is 10.1. The molecule has 0 atom stereocenters. The van der Waals surface area contributed by atoms with Gasteiger partial charge in [-0.15, -0.1) is 0 Å². The van der Waals surface area contributed by atoms with Gasteiger partial charge in [0.15, 0.2) is 0 Å². The van der Waals surface area contributed by atoms with Gasteiger partial charge in [-0.2, -0.15) is 5.10 Å². The van der Waals surface area contributed by atoms with Crippen molar-refractivity contribution in [3.63, 3.8) is 0 Å². The average Bonchev–Trinajstić information content (AvgIpc) is 3.33. The first-order chi connectivity index (χ1) is 12.2. The number of nitrogens with one attached hydrogen (secondary N) is 2. The van der Waals surface area contributed by atoms with Crippen LogP contribution < -0.4 is 10.9 Å². The Balaban J connectivity index is 1.58. The number of hydrogen-bond donors (Lipinski definition) is 2. The molecule has 5 rings (SSSR count). The van der Waals surface area contributed by atoms with Crippen LogP contribution in [0.2, 0.25) is 0 Å². The largest absolute Gasteiger partial charge is 0.444 e. The first kappa shape index (κ1) is 13.8. The van der Waals surface area contributed by atoms with Crippen molar-refractivity contribution in [1.29, 1.82) is 0 Å². The normalized spacial score (nSPS) is 13.6. The molecule has 3 aromatic heterocycles. The predicted octanol–water partition coefficient (Wildman–Crippen LogP) is 2.18. The molecule has 4 heterocycles. The number of fused-ring (bicyclic) bond motifs is 2. The fourth-order valence-corrected chi connectivity index (χ4v) is 3.17. The van der Waals surface area contributed by atoms with Gasteiger partial charge in [-0.3, -0.25) is 19.3 Å². The van der Waals surface area contributed by atoms with Crippen LogP contribution in [0.15, 0.2) is 52.1 Å². The molecule has 1 aromatic carbocycles. The molecule has 0 spiro atoms. The molecule has 0 radical (unpaired) electrons. The van der Waals surface area contributed by atoms with Crippen LogP contribution in [-0.4, -0.2) is 24.5 Å². The van der Waals surface area contributed by atoms with E-state index in [1.807, 2.05) is 36.1 Å². The topological polar surface area (TPSA) is 93.7 Å². The van der Waals surface area contributed by atoms with Crippen molar-refractivity contribution in [1.82, 2.24) is 24.5 Å². The van der Waals surface area contributed by atoms with Gasteiger partial charge >= 0.3 is 0 Å². The van der Waals surface area contributed by atoms with E-state index < -0.39 is 0 Å². The summed E-state index contributed by atoms with van der Waals surface area (Å²) in [5, 5.41) is 11.5. The van der Waals surface area contributed by atoms with E-state index in [9.17, 15) is 4.79 Å². The van der Waals surface area contributed by atoms with E-state index in [-0.39, 0.29) is 5.56 Å². The summed E-state index contributed by atoms with van der Waals surface area (Å²) < 4.78 is 8.89. The predicted molar refractivity (Wildman–Crippen MR) is 92.9 cm³/mol. The average molecular weight is 334 g/mol. The molecule has 124 valence electrons. The molecule has 25 heavy (non-hydrogen) atoms. The molecule has 2 N–H and O–H groups in total. The number of nitrogens with zero attached hydrogens (tertiary/aromatic N) is 4. The van der Waals surface area contributed by atoms with E-state index in [4.69, 9.17) is 4.42 Å². The Morgan fingerprint density at radius 2 is 2.24 bits per heavy atom. The molecule has 0 bridgehead atoms.